The SMILES string of the molecule is Cc1ccc(-n2nc(C)c(N)c2C(F)(F)F)cc1. The summed E-state index contributed by atoms with van der Waals surface area (Å²) < 4.78 is 39.7. The van der Waals surface area contributed by atoms with E-state index in [-0.39, 0.29) is 11.4 Å². The van der Waals surface area contributed by atoms with Gasteiger partial charge in [0.05, 0.1) is 17.1 Å². The Morgan fingerprint density at radius 2 is 1.67 bits per heavy atom. The third-order valence-electron chi connectivity index (χ3n) is 2.65. The fourth-order valence-corrected chi connectivity index (χ4v) is 1.68. The number of halogens is 3. The van der Waals surface area contributed by atoms with E-state index in [1.54, 1.807) is 24.3 Å². The van der Waals surface area contributed by atoms with Crippen molar-refractivity contribution in [3.05, 3.63) is 41.2 Å². The highest BCUT2D eigenvalue weighted by Gasteiger charge is 2.39. The maximum absolute atomic E-state index is 12.9. The quantitative estimate of drug-likeness (QED) is 0.851. The molecule has 6 heteroatoms. The molecule has 18 heavy (non-hydrogen) atoms. The van der Waals surface area contributed by atoms with Crippen LogP contribution in [-0.4, -0.2) is 9.78 Å². The Hall–Kier alpha value is -1.98. The molecule has 0 saturated heterocycles. The number of nitrogen functional groups attached to an aromatic ring is 1. The highest BCUT2D eigenvalue weighted by Crippen LogP contribution is 2.36. The highest BCUT2D eigenvalue weighted by molar-refractivity contribution is 5.52. The molecule has 0 aliphatic carbocycles. The van der Waals surface area contributed by atoms with Crippen molar-refractivity contribution >= 4 is 5.69 Å². The predicted molar refractivity (Wildman–Crippen MR) is 62.5 cm³/mol. The molecule has 0 saturated carbocycles. The lowest BCUT2D eigenvalue weighted by molar-refractivity contribution is -0.142. The second-order valence-corrected chi connectivity index (χ2v) is 4.09. The van der Waals surface area contributed by atoms with Crippen LogP contribution in [0.5, 0.6) is 0 Å². The molecule has 96 valence electrons. The molecule has 0 atom stereocenters. The molecule has 0 unspecified atom stereocenters. The summed E-state index contributed by atoms with van der Waals surface area (Å²) in [5.41, 5.74) is 5.67. The van der Waals surface area contributed by atoms with Crippen LogP contribution in [0.25, 0.3) is 5.69 Å². The van der Waals surface area contributed by atoms with Crippen LogP contribution in [0.15, 0.2) is 24.3 Å². The molecule has 0 fully saturated rings. The fraction of sp³-hybridized carbons (Fsp3) is 0.250. The summed E-state index contributed by atoms with van der Waals surface area (Å²) in [6.07, 6.45) is -4.53. The number of aromatic nitrogens is 2. The Bertz CT molecular complexity index is 567. The first kappa shape index (κ1) is 12.5. The summed E-state index contributed by atoms with van der Waals surface area (Å²) in [7, 11) is 0. The van der Waals surface area contributed by atoms with Crippen LogP contribution in [0.3, 0.4) is 0 Å². The van der Waals surface area contributed by atoms with E-state index in [9.17, 15) is 13.2 Å². The van der Waals surface area contributed by atoms with Crippen molar-refractivity contribution in [2.24, 2.45) is 0 Å². The lowest BCUT2D eigenvalue weighted by Gasteiger charge is -2.11. The smallest absolute Gasteiger partial charge is 0.395 e. The number of hydrogen-bond donors (Lipinski definition) is 1. The third kappa shape index (κ3) is 2.05. The largest absolute Gasteiger partial charge is 0.435 e. The Morgan fingerprint density at radius 3 is 2.17 bits per heavy atom. The van der Waals surface area contributed by atoms with Crippen molar-refractivity contribution < 1.29 is 13.2 Å². The zero-order valence-electron chi connectivity index (χ0n) is 9.92. The van der Waals surface area contributed by atoms with Gasteiger partial charge in [-0.15, -0.1) is 0 Å². The van der Waals surface area contributed by atoms with Gasteiger partial charge in [0.15, 0.2) is 5.69 Å². The molecule has 0 aliphatic rings. The lowest BCUT2D eigenvalue weighted by Crippen LogP contribution is -2.15. The molecular weight excluding hydrogens is 243 g/mol. The maximum atomic E-state index is 12.9. The van der Waals surface area contributed by atoms with E-state index in [2.05, 4.69) is 5.10 Å². The first-order valence-corrected chi connectivity index (χ1v) is 5.30. The van der Waals surface area contributed by atoms with Crippen LogP contribution in [-0.2, 0) is 6.18 Å². The van der Waals surface area contributed by atoms with Gasteiger partial charge in [-0.2, -0.15) is 18.3 Å². The minimum atomic E-state index is -4.53. The molecule has 3 nitrogen and oxygen atoms in total. The van der Waals surface area contributed by atoms with Crippen LogP contribution in [0.1, 0.15) is 17.0 Å². The van der Waals surface area contributed by atoms with Gasteiger partial charge in [-0.3, -0.25) is 0 Å². The summed E-state index contributed by atoms with van der Waals surface area (Å²) >= 11 is 0. The number of alkyl halides is 3. The van der Waals surface area contributed by atoms with Crippen molar-refractivity contribution in [2.75, 3.05) is 5.73 Å². The van der Waals surface area contributed by atoms with Gasteiger partial charge in [-0.1, -0.05) is 17.7 Å². The Balaban J connectivity index is 2.65. The van der Waals surface area contributed by atoms with E-state index in [1.807, 2.05) is 6.92 Å². The molecule has 0 amide bonds. The number of aryl methyl sites for hydroxylation is 2. The highest BCUT2D eigenvalue weighted by atomic mass is 19.4. The van der Waals surface area contributed by atoms with E-state index in [4.69, 9.17) is 5.73 Å². The normalized spacial score (nSPS) is 11.8. The third-order valence-corrected chi connectivity index (χ3v) is 2.65. The van der Waals surface area contributed by atoms with E-state index in [0.717, 1.165) is 10.2 Å². The first-order valence-electron chi connectivity index (χ1n) is 5.30. The molecule has 0 bridgehead atoms. The van der Waals surface area contributed by atoms with Crippen molar-refractivity contribution in [2.45, 2.75) is 20.0 Å². The number of hydrogen-bond acceptors (Lipinski definition) is 2. The van der Waals surface area contributed by atoms with E-state index < -0.39 is 11.9 Å². The Morgan fingerprint density at radius 1 is 1.11 bits per heavy atom. The number of nitrogens with two attached hydrogens (primary N) is 1. The topological polar surface area (TPSA) is 43.8 Å². The van der Waals surface area contributed by atoms with Crippen LogP contribution < -0.4 is 5.73 Å². The van der Waals surface area contributed by atoms with Gasteiger partial charge in [-0.05, 0) is 26.0 Å². The minimum absolute atomic E-state index is 0.169. The van der Waals surface area contributed by atoms with Gasteiger partial charge >= 0.3 is 6.18 Å². The second kappa shape index (κ2) is 4.04. The van der Waals surface area contributed by atoms with Crippen LogP contribution in [0.4, 0.5) is 18.9 Å². The van der Waals surface area contributed by atoms with Crippen LogP contribution in [0.2, 0.25) is 0 Å². The number of anilines is 1. The first-order chi connectivity index (χ1) is 8.30. The monoisotopic (exact) mass is 255 g/mol. The summed E-state index contributed by atoms with van der Waals surface area (Å²) in [5.74, 6) is 0. The molecule has 2 rings (SSSR count). The van der Waals surface area contributed by atoms with Crippen molar-refractivity contribution in [1.29, 1.82) is 0 Å². The summed E-state index contributed by atoms with van der Waals surface area (Å²) in [5, 5.41) is 3.85. The fourth-order valence-electron chi connectivity index (χ4n) is 1.68. The minimum Gasteiger partial charge on any atom is -0.395 e. The average Bonchev–Trinajstić information content (AvgIpc) is 2.56. The van der Waals surface area contributed by atoms with Crippen molar-refractivity contribution in [3.63, 3.8) is 0 Å². The molecule has 1 aromatic carbocycles. The standard InChI is InChI=1S/C12H12F3N3/c1-7-3-5-9(6-4-7)18-11(12(13,14)15)10(16)8(2)17-18/h3-6H,16H2,1-2H3. The number of rotatable bonds is 1. The van der Waals surface area contributed by atoms with Crippen molar-refractivity contribution in [1.82, 2.24) is 9.78 Å². The molecule has 1 aromatic heterocycles. The zero-order valence-corrected chi connectivity index (χ0v) is 9.92. The molecule has 0 radical (unpaired) electrons. The summed E-state index contributed by atoms with van der Waals surface area (Å²) in [6, 6.07) is 6.61. The van der Waals surface area contributed by atoms with Gasteiger partial charge in [0.25, 0.3) is 0 Å². The van der Waals surface area contributed by atoms with Gasteiger partial charge in [0.1, 0.15) is 0 Å². The van der Waals surface area contributed by atoms with Gasteiger partial charge in [0, 0.05) is 0 Å². The maximum Gasteiger partial charge on any atom is 0.435 e. The van der Waals surface area contributed by atoms with Crippen LogP contribution in [0, 0.1) is 13.8 Å². The Labute approximate surface area is 102 Å². The lowest BCUT2D eigenvalue weighted by atomic mass is 10.2. The molecule has 0 spiro atoms. The van der Waals surface area contributed by atoms with Gasteiger partial charge in [-0.25, -0.2) is 4.68 Å². The molecule has 0 aliphatic heterocycles. The summed E-state index contributed by atoms with van der Waals surface area (Å²) in [6.45, 7) is 3.31. The van der Waals surface area contributed by atoms with E-state index in [0.29, 0.717) is 5.69 Å². The second-order valence-electron chi connectivity index (χ2n) is 4.09. The Kier molecular flexibility index (Phi) is 2.80. The van der Waals surface area contributed by atoms with Gasteiger partial charge < -0.3 is 5.73 Å². The molecule has 2 N–H and O–H groups in total. The van der Waals surface area contributed by atoms with E-state index in [1.165, 1.54) is 6.92 Å². The van der Waals surface area contributed by atoms with Crippen molar-refractivity contribution in [3.8, 4) is 5.69 Å². The molecular formula is C12H12F3N3. The van der Waals surface area contributed by atoms with E-state index >= 15 is 0 Å². The number of benzene rings is 1. The molecule has 1 heterocycles. The predicted octanol–water partition coefficient (Wildman–Crippen LogP) is 3.09. The average molecular weight is 255 g/mol. The summed E-state index contributed by atoms with van der Waals surface area (Å²) in [4.78, 5) is 0. The van der Waals surface area contributed by atoms with Crippen LogP contribution >= 0.6 is 0 Å². The number of nitrogens with zero attached hydrogens (tertiary/aromatic N) is 2. The zero-order chi connectivity index (χ0) is 13.5. The molecule has 2 aromatic rings. The van der Waals surface area contributed by atoms with Gasteiger partial charge in [0.2, 0.25) is 0 Å².